The van der Waals surface area contributed by atoms with Gasteiger partial charge in [-0.2, -0.15) is 0 Å². The van der Waals surface area contributed by atoms with Crippen molar-refractivity contribution in [2.45, 2.75) is 32.3 Å². The molecule has 17 heavy (non-hydrogen) atoms. The molecule has 1 aliphatic carbocycles. The topological polar surface area (TPSA) is 37.9 Å². The van der Waals surface area contributed by atoms with Crippen molar-refractivity contribution in [1.29, 1.82) is 0 Å². The summed E-state index contributed by atoms with van der Waals surface area (Å²) in [6, 6.07) is 8.20. The van der Waals surface area contributed by atoms with E-state index >= 15 is 0 Å². The van der Waals surface area contributed by atoms with Crippen LogP contribution in [0.3, 0.4) is 0 Å². The summed E-state index contributed by atoms with van der Waals surface area (Å²) in [5, 5.41) is 0. The molecule has 0 spiro atoms. The Morgan fingerprint density at radius 3 is 2.94 bits per heavy atom. The van der Waals surface area contributed by atoms with Crippen LogP contribution in [0.25, 0.3) is 11.0 Å². The van der Waals surface area contributed by atoms with E-state index < -0.39 is 0 Å². The summed E-state index contributed by atoms with van der Waals surface area (Å²) in [4.78, 5) is 8.00. The van der Waals surface area contributed by atoms with Gasteiger partial charge in [-0.3, -0.25) is 0 Å². The van der Waals surface area contributed by atoms with E-state index in [1.54, 1.807) is 0 Å². The van der Waals surface area contributed by atoms with Crippen LogP contribution in [0.15, 0.2) is 24.3 Å². The molecule has 1 fully saturated rings. The first-order chi connectivity index (χ1) is 8.35. The Kier molecular flexibility index (Phi) is 2.85. The molecule has 90 valence electrons. The van der Waals surface area contributed by atoms with Crippen LogP contribution in [-0.4, -0.2) is 22.7 Å². The van der Waals surface area contributed by atoms with Crippen molar-refractivity contribution in [1.82, 2.24) is 9.97 Å². The smallest absolute Gasteiger partial charge is 0.107 e. The van der Waals surface area contributed by atoms with Gasteiger partial charge in [0.1, 0.15) is 5.82 Å². The summed E-state index contributed by atoms with van der Waals surface area (Å²) in [6.45, 7) is 2.90. The minimum Gasteiger partial charge on any atom is -0.378 e. The van der Waals surface area contributed by atoms with Gasteiger partial charge in [0.25, 0.3) is 0 Å². The molecule has 1 aromatic heterocycles. The standard InChI is InChI=1S/C14H18N2O/c1-2-17-11-7-10(8-11)9-14-15-12-5-3-4-6-13(12)16-14/h3-6,10-11H,2,7-9H2,1H3,(H,15,16). The van der Waals surface area contributed by atoms with E-state index in [1.165, 1.54) is 12.8 Å². The molecule has 0 amide bonds. The van der Waals surface area contributed by atoms with Gasteiger partial charge < -0.3 is 9.72 Å². The summed E-state index contributed by atoms with van der Waals surface area (Å²) in [5.41, 5.74) is 2.21. The lowest BCUT2D eigenvalue weighted by molar-refractivity contribution is -0.0244. The number of aromatic nitrogens is 2. The second-order valence-electron chi connectivity index (χ2n) is 4.82. The first-order valence-corrected chi connectivity index (χ1v) is 6.40. The van der Waals surface area contributed by atoms with Gasteiger partial charge in [-0.25, -0.2) is 4.98 Å². The number of rotatable bonds is 4. The third-order valence-electron chi connectivity index (χ3n) is 3.52. The number of hydrogen-bond donors (Lipinski definition) is 1. The van der Waals surface area contributed by atoms with Crippen molar-refractivity contribution in [3.05, 3.63) is 30.1 Å². The molecule has 2 aromatic rings. The number of benzene rings is 1. The zero-order valence-corrected chi connectivity index (χ0v) is 10.1. The quantitative estimate of drug-likeness (QED) is 0.877. The first kappa shape index (κ1) is 10.8. The van der Waals surface area contributed by atoms with Crippen LogP contribution in [0.1, 0.15) is 25.6 Å². The van der Waals surface area contributed by atoms with E-state index in [9.17, 15) is 0 Å². The molecule has 0 radical (unpaired) electrons. The Morgan fingerprint density at radius 2 is 2.18 bits per heavy atom. The van der Waals surface area contributed by atoms with Gasteiger partial charge in [-0.05, 0) is 37.8 Å². The number of ether oxygens (including phenoxy) is 1. The lowest BCUT2D eigenvalue weighted by atomic mass is 9.80. The highest BCUT2D eigenvalue weighted by molar-refractivity contribution is 5.74. The molecule has 0 atom stereocenters. The van der Waals surface area contributed by atoms with Crippen molar-refractivity contribution >= 4 is 11.0 Å². The van der Waals surface area contributed by atoms with Gasteiger partial charge in [0.05, 0.1) is 17.1 Å². The first-order valence-electron chi connectivity index (χ1n) is 6.40. The fourth-order valence-corrected chi connectivity index (χ4v) is 2.59. The number of imidazole rings is 1. The van der Waals surface area contributed by atoms with E-state index in [2.05, 4.69) is 29.0 Å². The molecule has 1 aliphatic rings. The maximum absolute atomic E-state index is 5.57. The van der Waals surface area contributed by atoms with E-state index in [-0.39, 0.29) is 0 Å². The van der Waals surface area contributed by atoms with E-state index in [0.717, 1.165) is 35.8 Å². The second-order valence-corrected chi connectivity index (χ2v) is 4.82. The molecule has 1 heterocycles. The predicted octanol–water partition coefficient (Wildman–Crippen LogP) is 2.92. The molecule has 0 unspecified atom stereocenters. The molecule has 3 nitrogen and oxygen atoms in total. The molecule has 3 rings (SSSR count). The number of nitrogens with one attached hydrogen (secondary N) is 1. The average Bonchev–Trinajstić information content (AvgIpc) is 2.68. The van der Waals surface area contributed by atoms with E-state index in [1.807, 2.05) is 12.1 Å². The largest absolute Gasteiger partial charge is 0.378 e. The summed E-state index contributed by atoms with van der Waals surface area (Å²) in [5.74, 6) is 1.86. The maximum Gasteiger partial charge on any atom is 0.107 e. The van der Waals surface area contributed by atoms with Crippen LogP contribution in [0.2, 0.25) is 0 Å². The van der Waals surface area contributed by atoms with Gasteiger partial charge in [0.2, 0.25) is 0 Å². The minimum absolute atomic E-state index is 0.495. The van der Waals surface area contributed by atoms with Gasteiger partial charge in [0.15, 0.2) is 0 Å². The van der Waals surface area contributed by atoms with Crippen LogP contribution in [0.4, 0.5) is 0 Å². The van der Waals surface area contributed by atoms with E-state index in [0.29, 0.717) is 6.10 Å². The monoisotopic (exact) mass is 230 g/mol. The minimum atomic E-state index is 0.495. The van der Waals surface area contributed by atoms with E-state index in [4.69, 9.17) is 4.74 Å². The molecule has 0 saturated heterocycles. The van der Waals surface area contributed by atoms with Crippen molar-refractivity contribution in [3.63, 3.8) is 0 Å². The normalized spacial score (nSPS) is 23.8. The molecular weight excluding hydrogens is 212 g/mol. The summed E-state index contributed by atoms with van der Waals surface area (Å²) in [6.07, 6.45) is 3.92. The Labute approximate surface area is 101 Å². The Hall–Kier alpha value is -1.35. The molecular formula is C14H18N2O. The number of nitrogens with zero attached hydrogens (tertiary/aromatic N) is 1. The van der Waals surface area contributed by atoms with Gasteiger partial charge in [-0.15, -0.1) is 0 Å². The molecule has 3 heteroatoms. The van der Waals surface area contributed by atoms with Gasteiger partial charge >= 0.3 is 0 Å². The highest BCUT2D eigenvalue weighted by Gasteiger charge is 2.30. The molecule has 0 bridgehead atoms. The highest BCUT2D eigenvalue weighted by Crippen LogP contribution is 2.32. The highest BCUT2D eigenvalue weighted by atomic mass is 16.5. The molecule has 0 aliphatic heterocycles. The lowest BCUT2D eigenvalue weighted by Gasteiger charge is -2.34. The molecule has 1 saturated carbocycles. The van der Waals surface area contributed by atoms with Crippen molar-refractivity contribution in [3.8, 4) is 0 Å². The third kappa shape index (κ3) is 2.20. The third-order valence-corrected chi connectivity index (χ3v) is 3.52. The van der Waals surface area contributed by atoms with Crippen molar-refractivity contribution in [2.75, 3.05) is 6.61 Å². The fraction of sp³-hybridized carbons (Fsp3) is 0.500. The zero-order valence-electron chi connectivity index (χ0n) is 10.1. The van der Waals surface area contributed by atoms with Crippen LogP contribution in [-0.2, 0) is 11.2 Å². The number of aromatic amines is 1. The Bertz CT molecular complexity index is 467. The summed E-state index contributed by atoms with van der Waals surface area (Å²) in [7, 11) is 0. The van der Waals surface area contributed by atoms with Crippen LogP contribution >= 0.6 is 0 Å². The zero-order chi connectivity index (χ0) is 11.7. The average molecular weight is 230 g/mol. The second kappa shape index (κ2) is 4.49. The van der Waals surface area contributed by atoms with Crippen molar-refractivity contribution < 1.29 is 4.74 Å². The van der Waals surface area contributed by atoms with Gasteiger partial charge in [-0.1, -0.05) is 12.1 Å². The Morgan fingerprint density at radius 1 is 1.35 bits per heavy atom. The number of fused-ring (bicyclic) bond motifs is 1. The number of hydrogen-bond acceptors (Lipinski definition) is 2. The molecule has 1 N–H and O–H groups in total. The fourth-order valence-electron chi connectivity index (χ4n) is 2.59. The van der Waals surface area contributed by atoms with Crippen molar-refractivity contribution in [2.24, 2.45) is 5.92 Å². The Balaban J connectivity index is 1.62. The summed E-state index contributed by atoms with van der Waals surface area (Å²) < 4.78 is 5.57. The molecule has 1 aromatic carbocycles. The maximum atomic E-state index is 5.57. The lowest BCUT2D eigenvalue weighted by Crippen LogP contribution is -2.32. The van der Waals surface area contributed by atoms with Crippen LogP contribution in [0, 0.1) is 5.92 Å². The summed E-state index contributed by atoms with van der Waals surface area (Å²) >= 11 is 0. The van der Waals surface area contributed by atoms with Gasteiger partial charge in [0, 0.05) is 13.0 Å². The predicted molar refractivity (Wildman–Crippen MR) is 67.9 cm³/mol. The SMILES string of the molecule is CCOC1CC(Cc2nc3ccccc3[nH]2)C1. The van der Waals surface area contributed by atoms with Crippen LogP contribution < -0.4 is 0 Å². The number of para-hydroxylation sites is 2. The van der Waals surface area contributed by atoms with Crippen LogP contribution in [0.5, 0.6) is 0 Å². The number of H-pyrrole nitrogens is 1.